The van der Waals surface area contributed by atoms with Crippen LogP contribution in [0.3, 0.4) is 0 Å². The molecule has 0 bridgehead atoms. The maximum absolute atomic E-state index is 12.8. The number of hydrogen-bond acceptors (Lipinski definition) is 5. The second kappa shape index (κ2) is 10.9. The number of carbonyl (C=O) groups excluding carboxylic acids is 1. The third-order valence-corrected chi connectivity index (χ3v) is 6.11. The minimum Gasteiger partial charge on any atom is -0.369 e. The van der Waals surface area contributed by atoms with Crippen LogP contribution in [0.15, 0.2) is 52.4 Å². The Bertz CT molecular complexity index is 1120. The zero-order valence-corrected chi connectivity index (χ0v) is 19.1. The van der Waals surface area contributed by atoms with Crippen LogP contribution in [0.5, 0.6) is 0 Å². The lowest BCUT2D eigenvalue weighted by atomic mass is 10.1. The molecule has 2 aromatic rings. The van der Waals surface area contributed by atoms with E-state index in [-0.39, 0.29) is 41.0 Å². The normalized spacial score (nSPS) is 13.5. The molecule has 1 atom stereocenters. The van der Waals surface area contributed by atoms with Gasteiger partial charge in [-0.25, -0.2) is 13.1 Å². The summed E-state index contributed by atoms with van der Waals surface area (Å²) in [6, 6.07) is 7.63. The van der Waals surface area contributed by atoms with Gasteiger partial charge in [0.05, 0.1) is 27.2 Å². The van der Waals surface area contributed by atoms with E-state index in [1.807, 2.05) is 6.92 Å². The summed E-state index contributed by atoms with van der Waals surface area (Å²) < 4.78 is 65.1. The molecule has 0 heterocycles. The predicted molar refractivity (Wildman–Crippen MR) is 120 cm³/mol. The molecule has 0 spiro atoms. The van der Waals surface area contributed by atoms with Crippen LogP contribution in [0.4, 0.5) is 18.9 Å². The first-order valence-electron chi connectivity index (χ1n) is 9.62. The minimum atomic E-state index is -4.59. The van der Waals surface area contributed by atoms with Gasteiger partial charge in [0, 0.05) is 6.54 Å². The molecule has 13 heteroatoms. The Hall–Kier alpha value is -2.83. The molecule has 180 valence electrons. The molecule has 0 aromatic heterocycles. The molecule has 0 saturated carbocycles. The van der Waals surface area contributed by atoms with Gasteiger partial charge < -0.3 is 16.8 Å². The highest BCUT2D eigenvalue weighted by Gasteiger charge is 2.31. The van der Waals surface area contributed by atoms with Crippen molar-refractivity contribution >= 4 is 39.2 Å². The summed E-state index contributed by atoms with van der Waals surface area (Å²) in [6.07, 6.45) is -4.22. The van der Waals surface area contributed by atoms with E-state index in [0.29, 0.717) is 0 Å². The molecule has 8 nitrogen and oxygen atoms in total. The lowest BCUT2D eigenvalue weighted by molar-refractivity contribution is -0.137. The van der Waals surface area contributed by atoms with E-state index in [9.17, 15) is 26.4 Å². The number of benzene rings is 2. The Morgan fingerprint density at radius 1 is 1.18 bits per heavy atom. The largest absolute Gasteiger partial charge is 0.416 e. The smallest absolute Gasteiger partial charge is 0.369 e. The van der Waals surface area contributed by atoms with Gasteiger partial charge in [0.2, 0.25) is 11.9 Å². The van der Waals surface area contributed by atoms with Crippen molar-refractivity contribution in [2.45, 2.75) is 36.9 Å². The third kappa shape index (κ3) is 7.91. The highest BCUT2D eigenvalue weighted by Crippen LogP contribution is 2.33. The molecule has 0 aliphatic heterocycles. The Labute approximate surface area is 194 Å². The average molecular weight is 506 g/mol. The SMILES string of the molecule is Cc1ccc(S(=O)(=O)NC(N)=NCCC[C@@H](N)C(=O)Nc2cc(C(F)(F)F)ccc2Cl)cc1. The van der Waals surface area contributed by atoms with Crippen molar-refractivity contribution in [1.82, 2.24) is 4.72 Å². The summed E-state index contributed by atoms with van der Waals surface area (Å²) in [7, 11) is -3.88. The van der Waals surface area contributed by atoms with Gasteiger partial charge in [-0.1, -0.05) is 29.3 Å². The molecule has 0 aliphatic rings. The molecule has 0 aliphatic carbocycles. The standard InChI is InChI=1S/C20H23ClF3N5O3S/c1-12-4-7-14(8-5-12)33(31,32)29-19(26)27-10-2-3-16(25)18(30)28-17-11-13(20(22,23)24)6-9-15(17)21/h4-9,11,16H,2-3,10,25H2,1H3,(H,28,30)(H3,26,27,29)/t16-/m1/s1. The van der Waals surface area contributed by atoms with Crippen LogP contribution in [-0.4, -0.2) is 32.9 Å². The summed E-state index contributed by atoms with van der Waals surface area (Å²) in [4.78, 5) is 16.1. The van der Waals surface area contributed by atoms with Gasteiger partial charge in [-0.15, -0.1) is 0 Å². The highest BCUT2D eigenvalue weighted by atomic mass is 35.5. The number of aliphatic imine (C=N–C) groups is 1. The zero-order chi connectivity index (χ0) is 24.8. The van der Waals surface area contributed by atoms with Gasteiger partial charge in [-0.05, 0) is 50.1 Å². The lowest BCUT2D eigenvalue weighted by Gasteiger charge is -2.14. The number of guanidine groups is 1. The molecule has 0 radical (unpaired) electrons. The van der Waals surface area contributed by atoms with Crippen molar-refractivity contribution in [3.05, 3.63) is 58.6 Å². The van der Waals surface area contributed by atoms with E-state index in [2.05, 4.69) is 15.0 Å². The number of aryl methyl sites for hydroxylation is 1. The van der Waals surface area contributed by atoms with Crippen molar-refractivity contribution in [3.63, 3.8) is 0 Å². The van der Waals surface area contributed by atoms with Gasteiger partial charge in [-0.3, -0.25) is 9.79 Å². The molecular weight excluding hydrogens is 483 g/mol. The average Bonchev–Trinajstić information content (AvgIpc) is 2.71. The van der Waals surface area contributed by atoms with Crippen molar-refractivity contribution in [1.29, 1.82) is 0 Å². The Balaban J connectivity index is 1.87. The van der Waals surface area contributed by atoms with Crippen LogP contribution in [0.2, 0.25) is 5.02 Å². The number of hydrogen-bond donors (Lipinski definition) is 4. The predicted octanol–water partition coefficient (Wildman–Crippen LogP) is 3.01. The number of nitrogens with zero attached hydrogens (tertiary/aromatic N) is 1. The minimum absolute atomic E-state index is 0.0261. The highest BCUT2D eigenvalue weighted by molar-refractivity contribution is 7.90. The molecule has 6 N–H and O–H groups in total. The van der Waals surface area contributed by atoms with E-state index < -0.39 is 33.7 Å². The lowest BCUT2D eigenvalue weighted by Crippen LogP contribution is -2.37. The van der Waals surface area contributed by atoms with E-state index in [0.717, 1.165) is 23.8 Å². The van der Waals surface area contributed by atoms with E-state index >= 15 is 0 Å². The number of sulfonamides is 1. The fraction of sp³-hybridized carbons (Fsp3) is 0.300. The van der Waals surface area contributed by atoms with Crippen LogP contribution < -0.4 is 21.5 Å². The van der Waals surface area contributed by atoms with Gasteiger partial charge in [0.25, 0.3) is 10.0 Å². The van der Waals surface area contributed by atoms with Gasteiger partial charge >= 0.3 is 6.18 Å². The van der Waals surface area contributed by atoms with Crippen LogP contribution in [0.25, 0.3) is 0 Å². The van der Waals surface area contributed by atoms with Crippen molar-refractivity contribution < 1.29 is 26.4 Å². The summed E-state index contributed by atoms with van der Waals surface area (Å²) >= 11 is 5.85. The van der Waals surface area contributed by atoms with E-state index in [1.54, 1.807) is 12.1 Å². The number of rotatable bonds is 8. The quantitative estimate of drug-likeness (QED) is 0.248. The summed E-state index contributed by atoms with van der Waals surface area (Å²) in [5.41, 5.74) is 11.1. The molecule has 0 unspecified atom stereocenters. The Morgan fingerprint density at radius 2 is 1.82 bits per heavy atom. The zero-order valence-electron chi connectivity index (χ0n) is 17.5. The number of nitrogens with two attached hydrogens (primary N) is 2. The first-order chi connectivity index (χ1) is 15.3. The first kappa shape index (κ1) is 26.4. The van der Waals surface area contributed by atoms with E-state index in [4.69, 9.17) is 23.1 Å². The number of alkyl halides is 3. The molecule has 33 heavy (non-hydrogen) atoms. The molecule has 1 amide bonds. The second-order valence-electron chi connectivity index (χ2n) is 7.12. The fourth-order valence-corrected chi connectivity index (χ4v) is 3.73. The molecule has 0 fully saturated rings. The Kier molecular flexibility index (Phi) is 8.69. The van der Waals surface area contributed by atoms with Gasteiger partial charge in [0.1, 0.15) is 0 Å². The van der Waals surface area contributed by atoms with Crippen molar-refractivity contribution in [2.24, 2.45) is 16.5 Å². The maximum Gasteiger partial charge on any atom is 0.416 e. The summed E-state index contributed by atoms with van der Waals surface area (Å²) in [5, 5.41) is 2.21. The molecule has 2 aromatic carbocycles. The summed E-state index contributed by atoms with van der Waals surface area (Å²) in [5.74, 6) is -1.06. The number of anilines is 1. The second-order valence-corrected chi connectivity index (χ2v) is 9.21. The van der Waals surface area contributed by atoms with Crippen LogP contribution >= 0.6 is 11.6 Å². The van der Waals surface area contributed by atoms with Crippen LogP contribution in [0, 0.1) is 6.92 Å². The molecule has 2 rings (SSSR count). The number of amides is 1. The van der Waals surface area contributed by atoms with Crippen molar-refractivity contribution in [3.8, 4) is 0 Å². The monoisotopic (exact) mass is 505 g/mol. The number of carbonyl (C=O) groups is 1. The van der Waals surface area contributed by atoms with Gasteiger partial charge in [-0.2, -0.15) is 13.2 Å². The fourth-order valence-electron chi connectivity index (χ4n) is 2.61. The van der Waals surface area contributed by atoms with Gasteiger partial charge in [0.15, 0.2) is 0 Å². The number of halogens is 4. The third-order valence-electron chi connectivity index (χ3n) is 4.41. The maximum atomic E-state index is 12.8. The van der Waals surface area contributed by atoms with Crippen LogP contribution in [-0.2, 0) is 21.0 Å². The summed E-state index contributed by atoms with van der Waals surface area (Å²) in [6.45, 7) is 1.88. The number of nitrogens with one attached hydrogen (secondary N) is 2. The van der Waals surface area contributed by atoms with Crippen molar-refractivity contribution in [2.75, 3.05) is 11.9 Å². The van der Waals surface area contributed by atoms with Crippen LogP contribution in [0.1, 0.15) is 24.0 Å². The topological polar surface area (TPSA) is 140 Å². The Morgan fingerprint density at radius 3 is 2.42 bits per heavy atom. The molecular formula is C20H23ClF3N5O3S. The van der Waals surface area contributed by atoms with E-state index in [1.165, 1.54) is 12.1 Å². The molecule has 0 saturated heterocycles. The first-order valence-corrected chi connectivity index (χ1v) is 11.5.